The highest BCUT2D eigenvalue weighted by Crippen LogP contribution is 2.24. The van der Waals surface area contributed by atoms with E-state index >= 15 is 0 Å². The monoisotopic (exact) mass is 419 g/mol. The largest absolute Gasteiger partial charge is 0.267 e. The molecule has 0 amide bonds. The molecule has 0 spiro atoms. The van der Waals surface area contributed by atoms with Crippen molar-refractivity contribution in [1.29, 1.82) is 0 Å². The minimum atomic E-state index is -3.89. The predicted octanol–water partition coefficient (Wildman–Crippen LogP) is 3.78. The molecule has 0 aliphatic heterocycles. The second-order valence-corrected chi connectivity index (χ2v) is 8.80. The van der Waals surface area contributed by atoms with Crippen LogP contribution in [0.1, 0.15) is 22.5 Å². The molecule has 0 atom stereocenters. The Labute approximate surface area is 175 Å². The Balaban J connectivity index is 1.84. The zero-order valence-corrected chi connectivity index (χ0v) is 17.5. The molecule has 0 fully saturated rings. The molecule has 8 heteroatoms. The van der Waals surface area contributed by atoms with Gasteiger partial charge in [-0.15, -0.1) is 5.10 Å². The molecule has 152 valence electrons. The Morgan fingerprint density at radius 1 is 1.03 bits per heavy atom. The second kappa shape index (κ2) is 7.72. The van der Waals surface area contributed by atoms with E-state index in [1.807, 2.05) is 44.2 Å². The summed E-state index contributed by atoms with van der Waals surface area (Å²) in [4.78, 5) is 8.98. The number of sulfonamides is 1. The number of hydrogen-bond donors (Lipinski definition) is 0. The first-order chi connectivity index (χ1) is 14.4. The van der Waals surface area contributed by atoms with Crippen LogP contribution >= 0.6 is 0 Å². The third-order valence-corrected chi connectivity index (χ3v) is 6.44. The summed E-state index contributed by atoms with van der Waals surface area (Å²) >= 11 is 0. The molecular weight excluding hydrogens is 398 g/mol. The van der Waals surface area contributed by atoms with E-state index in [-0.39, 0.29) is 17.4 Å². The van der Waals surface area contributed by atoms with Gasteiger partial charge in [-0.3, -0.25) is 0 Å². The lowest BCUT2D eigenvalue weighted by atomic mass is 10.1. The molecule has 2 heterocycles. The Hall–Kier alpha value is -3.52. The highest BCUT2D eigenvalue weighted by molar-refractivity contribution is 7.92. The topological polar surface area (TPSA) is 80.5 Å². The van der Waals surface area contributed by atoms with Crippen LogP contribution in [0.5, 0.6) is 0 Å². The first-order valence-electron chi connectivity index (χ1n) is 9.38. The van der Waals surface area contributed by atoms with Crippen molar-refractivity contribution in [3.05, 3.63) is 89.8 Å². The number of aromatic nitrogens is 4. The van der Waals surface area contributed by atoms with Gasteiger partial charge >= 0.3 is 0 Å². The van der Waals surface area contributed by atoms with Crippen molar-refractivity contribution in [1.82, 2.24) is 19.6 Å². The minimum Gasteiger partial charge on any atom is -0.228 e. The maximum absolute atomic E-state index is 13.5. The van der Waals surface area contributed by atoms with Gasteiger partial charge in [0.1, 0.15) is 0 Å². The van der Waals surface area contributed by atoms with Gasteiger partial charge in [-0.1, -0.05) is 55.1 Å². The van der Waals surface area contributed by atoms with Crippen LogP contribution in [-0.4, -0.2) is 28.0 Å². The van der Waals surface area contributed by atoms with E-state index in [1.54, 1.807) is 40.9 Å². The van der Waals surface area contributed by atoms with Crippen LogP contribution in [0.25, 0.3) is 11.9 Å². The molecule has 0 saturated heterocycles. The van der Waals surface area contributed by atoms with Gasteiger partial charge in [0.15, 0.2) is 0 Å². The molecular formula is C22H21N5O2S. The maximum Gasteiger partial charge on any atom is 0.267 e. The van der Waals surface area contributed by atoms with E-state index in [2.05, 4.69) is 21.6 Å². The van der Waals surface area contributed by atoms with E-state index in [9.17, 15) is 8.42 Å². The fraction of sp³-hybridized carbons (Fsp3) is 0.136. The fourth-order valence-electron chi connectivity index (χ4n) is 3.17. The lowest BCUT2D eigenvalue weighted by Crippen LogP contribution is -2.31. The van der Waals surface area contributed by atoms with Crippen LogP contribution in [0.2, 0.25) is 0 Å². The summed E-state index contributed by atoms with van der Waals surface area (Å²) in [6.45, 7) is 7.58. The third kappa shape index (κ3) is 3.69. The Morgan fingerprint density at radius 2 is 1.73 bits per heavy atom. The average molecular weight is 420 g/mol. The number of rotatable bonds is 6. The standard InChI is InChI=1S/C22H21N5O2S/c1-4-18-10-12-19(13-11-18)15-26(30(28,29)20-8-6-5-7-9-20)22-24-21-23-16(2)14-17(3)27(21)25-22/h4-14H,1,15H2,2-3H3. The molecule has 7 nitrogen and oxygen atoms in total. The van der Waals surface area contributed by atoms with E-state index in [0.717, 1.165) is 22.5 Å². The molecule has 2 aromatic heterocycles. The zero-order chi connectivity index (χ0) is 21.3. The normalized spacial score (nSPS) is 11.5. The van der Waals surface area contributed by atoms with Crippen molar-refractivity contribution >= 4 is 27.8 Å². The van der Waals surface area contributed by atoms with Crippen LogP contribution in [-0.2, 0) is 16.6 Å². The highest BCUT2D eigenvalue weighted by Gasteiger charge is 2.29. The van der Waals surface area contributed by atoms with Gasteiger partial charge in [0.2, 0.25) is 0 Å². The molecule has 0 saturated carbocycles. The van der Waals surface area contributed by atoms with Crippen LogP contribution < -0.4 is 4.31 Å². The maximum atomic E-state index is 13.5. The minimum absolute atomic E-state index is 0.0767. The Morgan fingerprint density at radius 3 is 2.40 bits per heavy atom. The van der Waals surface area contributed by atoms with E-state index in [4.69, 9.17) is 0 Å². The van der Waals surface area contributed by atoms with Crippen molar-refractivity contribution in [2.24, 2.45) is 0 Å². The summed E-state index contributed by atoms with van der Waals surface area (Å²) in [7, 11) is -3.89. The van der Waals surface area contributed by atoms with Crippen LogP contribution in [0.15, 0.2) is 72.1 Å². The Kier molecular flexibility index (Phi) is 5.09. The Bertz CT molecular complexity index is 1310. The summed E-state index contributed by atoms with van der Waals surface area (Å²) in [5.41, 5.74) is 3.37. The van der Waals surface area contributed by atoms with Crippen molar-refractivity contribution < 1.29 is 8.42 Å². The third-order valence-electron chi connectivity index (χ3n) is 4.70. The number of hydrogen-bond acceptors (Lipinski definition) is 5. The zero-order valence-electron chi connectivity index (χ0n) is 16.7. The number of fused-ring (bicyclic) bond motifs is 1. The lowest BCUT2D eigenvalue weighted by Gasteiger charge is -2.21. The summed E-state index contributed by atoms with van der Waals surface area (Å²) in [6.07, 6.45) is 1.74. The van der Waals surface area contributed by atoms with E-state index in [0.29, 0.717) is 5.78 Å². The van der Waals surface area contributed by atoms with Gasteiger partial charge < -0.3 is 0 Å². The van der Waals surface area contributed by atoms with E-state index < -0.39 is 10.0 Å². The summed E-state index contributed by atoms with van der Waals surface area (Å²) in [5, 5.41) is 4.45. The molecule has 0 bridgehead atoms. The van der Waals surface area contributed by atoms with Gasteiger partial charge in [0.25, 0.3) is 21.7 Å². The summed E-state index contributed by atoms with van der Waals surface area (Å²) in [6, 6.07) is 17.7. The molecule has 30 heavy (non-hydrogen) atoms. The number of benzene rings is 2. The van der Waals surface area contributed by atoms with Gasteiger partial charge in [0.05, 0.1) is 11.4 Å². The van der Waals surface area contributed by atoms with Crippen molar-refractivity contribution in [2.75, 3.05) is 4.31 Å². The van der Waals surface area contributed by atoms with Crippen molar-refractivity contribution in [2.45, 2.75) is 25.3 Å². The van der Waals surface area contributed by atoms with E-state index in [1.165, 1.54) is 4.31 Å². The summed E-state index contributed by atoms with van der Waals surface area (Å²) in [5.74, 6) is 0.436. The molecule has 4 rings (SSSR count). The fourth-order valence-corrected chi connectivity index (χ4v) is 4.54. The molecule has 2 aromatic carbocycles. The molecule has 0 aliphatic rings. The van der Waals surface area contributed by atoms with Crippen molar-refractivity contribution in [3.63, 3.8) is 0 Å². The van der Waals surface area contributed by atoms with Gasteiger partial charge in [-0.25, -0.2) is 17.7 Å². The number of nitrogens with zero attached hydrogens (tertiary/aromatic N) is 5. The predicted molar refractivity (Wildman–Crippen MR) is 117 cm³/mol. The first-order valence-corrected chi connectivity index (χ1v) is 10.8. The molecule has 0 aliphatic carbocycles. The molecule has 0 N–H and O–H groups in total. The van der Waals surface area contributed by atoms with Crippen LogP contribution in [0.4, 0.5) is 5.95 Å². The number of aryl methyl sites for hydroxylation is 2. The number of anilines is 1. The molecule has 4 aromatic rings. The first kappa shape index (κ1) is 19.8. The summed E-state index contributed by atoms with van der Waals surface area (Å²) < 4.78 is 29.7. The average Bonchev–Trinajstić information content (AvgIpc) is 3.17. The molecule has 0 radical (unpaired) electrons. The molecule has 0 unspecified atom stereocenters. The van der Waals surface area contributed by atoms with Gasteiger partial charge in [-0.05, 0) is 43.2 Å². The van der Waals surface area contributed by atoms with Crippen molar-refractivity contribution in [3.8, 4) is 0 Å². The van der Waals surface area contributed by atoms with Crippen LogP contribution in [0, 0.1) is 13.8 Å². The van der Waals surface area contributed by atoms with Gasteiger partial charge in [-0.2, -0.15) is 9.50 Å². The quantitative estimate of drug-likeness (QED) is 0.475. The van der Waals surface area contributed by atoms with Crippen LogP contribution in [0.3, 0.4) is 0 Å². The van der Waals surface area contributed by atoms with Gasteiger partial charge in [0, 0.05) is 11.4 Å². The second-order valence-electron chi connectivity index (χ2n) is 6.93. The highest BCUT2D eigenvalue weighted by atomic mass is 32.2. The SMILES string of the molecule is C=Cc1ccc(CN(c2nc3nc(C)cc(C)n3n2)S(=O)(=O)c2ccccc2)cc1. The lowest BCUT2D eigenvalue weighted by molar-refractivity contribution is 0.589. The smallest absolute Gasteiger partial charge is 0.228 e.